The Morgan fingerprint density at radius 2 is 2.16 bits per heavy atom. The van der Waals surface area contributed by atoms with E-state index in [1.807, 2.05) is 0 Å². The highest BCUT2D eigenvalue weighted by Crippen LogP contribution is 2.21. The number of hydrogen-bond acceptors (Lipinski definition) is 2. The van der Waals surface area contributed by atoms with Crippen LogP contribution in [0.1, 0.15) is 50.6 Å². The molecule has 1 aliphatic rings. The van der Waals surface area contributed by atoms with Gasteiger partial charge in [-0.3, -0.25) is 4.79 Å². The molecule has 0 radical (unpaired) electrons. The Morgan fingerprint density at radius 1 is 1.37 bits per heavy atom. The van der Waals surface area contributed by atoms with E-state index < -0.39 is 0 Å². The Morgan fingerprint density at radius 3 is 2.79 bits per heavy atom. The standard InChI is InChI=1S/C16H24N2O/c1-2-3-9-15(13-7-5-4-6-8-13)18-14-10-11-16(19)17-12-14/h4-8,14-15,18H,2-3,9-12H2,1H3,(H,17,19). The SMILES string of the molecule is CCCCC(NC1CCC(=O)NC1)c1ccccc1. The van der Waals surface area contributed by atoms with Gasteiger partial charge in [-0.25, -0.2) is 0 Å². The highest BCUT2D eigenvalue weighted by molar-refractivity contribution is 5.76. The summed E-state index contributed by atoms with van der Waals surface area (Å²) in [5.41, 5.74) is 1.35. The van der Waals surface area contributed by atoms with Gasteiger partial charge in [0, 0.05) is 25.0 Å². The van der Waals surface area contributed by atoms with Crippen LogP contribution in [0.25, 0.3) is 0 Å². The molecule has 1 aromatic carbocycles. The van der Waals surface area contributed by atoms with E-state index >= 15 is 0 Å². The topological polar surface area (TPSA) is 41.1 Å². The number of carbonyl (C=O) groups is 1. The van der Waals surface area contributed by atoms with Crippen molar-refractivity contribution in [2.24, 2.45) is 0 Å². The van der Waals surface area contributed by atoms with Crippen LogP contribution in [0.2, 0.25) is 0 Å². The molecule has 3 heteroatoms. The number of piperidine rings is 1. The molecule has 3 nitrogen and oxygen atoms in total. The van der Waals surface area contributed by atoms with Crippen LogP contribution in [-0.2, 0) is 4.79 Å². The third-order valence-corrected chi connectivity index (χ3v) is 3.75. The van der Waals surface area contributed by atoms with Crippen molar-refractivity contribution in [2.45, 2.75) is 51.1 Å². The average molecular weight is 260 g/mol. The Kier molecular flexibility index (Phi) is 5.40. The van der Waals surface area contributed by atoms with Crippen molar-refractivity contribution in [1.82, 2.24) is 10.6 Å². The van der Waals surface area contributed by atoms with Crippen LogP contribution >= 0.6 is 0 Å². The molecule has 1 aromatic rings. The highest BCUT2D eigenvalue weighted by Gasteiger charge is 2.21. The molecule has 0 bridgehead atoms. The number of benzene rings is 1. The fourth-order valence-electron chi connectivity index (χ4n) is 2.60. The van der Waals surface area contributed by atoms with Crippen LogP contribution in [0.15, 0.2) is 30.3 Å². The number of amides is 1. The molecule has 2 rings (SSSR count). The van der Waals surface area contributed by atoms with Gasteiger partial charge in [0.05, 0.1) is 0 Å². The summed E-state index contributed by atoms with van der Waals surface area (Å²) >= 11 is 0. The smallest absolute Gasteiger partial charge is 0.220 e. The van der Waals surface area contributed by atoms with Crippen molar-refractivity contribution in [3.05, 3.63) is 35.9 Å². The van der Waals surface area contributed by atoms with Crippen LogP contribution in [0.4, 0.5) is 0 Å². The zero-order chi connectivity index (χ0) is 13.5. The van der Waals surface area contributed by atoms with Crippen molar-refractivity contribution < 1.29 is 4.79 Å². The molecule has 104 valence electrons. The van der Waals surface area contributed by atoms with Gasteiger partial charge in [0.15, 0.2) is 0 Å². The second-order valence-corrected chi connectivity index (χ2v) is 5.31. The predicted octanol–water partition coefficient (Wildman–Crippen LogP) is 2.79. The molecule has 0 saturated carbocycles. The lowest BCUT2D eigenvalue weighted by Crippen LogP contribution is -2.46. The van der Waals surface area contributed by atoms with Crippen LogP contribution in [0.3, 0.4) is 0 Å². The maximum Gasteiger partial charge on any atom is 0.220 e. The van der Waals surface area contributed by atoms with Crippen LogP contribution < -0.4 is 10.6 Å². The van der Waals surface area contributed by atoms with E-state index in [2.05, 4.69) is 47.9 Å². The molecule has 0 aliphatic carbocycles. The maximum atomic E-state index is 11.2. The van der Waals surface area contributed by atoms with Gasteiger partial charge in [-0.05, 0) is 18.4 Å². The predicted molar refractivity (Wildman–Crippen MR) is 77.9 cm³/mol. The minimum Gasteiger partial charge on any atom is -0.355 e. The molecule has 1 saturated heterocycles. The van der Waals surface area contributed by atoms with Crippen molar-refractivity contribution in [2.75, 3.05) is 6.54 Å². The summed E-state index contributed by atoms with van der Waals surface area (Å²) in [7, 11) is 0. The second kappa shape index (κ2) is 7.29. The van der Waals surface area contributed by atoms with Gasteiger partial charge in [-0.2, -0.15) is 0 Å². The Bertz CT molecular complexity index is 381. The minimum atomic E-state index is 0.183. The summed E-state index contributed by atoms with van der Waals surface area (Å²) in [6.45, 7) is 2.98. The Balaban J connectivity index is 1.96. The van der Waals surface area contributed by atoms with E-state index in [1.54, 1.807) is 0 Å². The summed E-state index contributed by atoms with van der Waals surface area (Å²) in [6.07, 6.45) is 5.19. The first kappa shape index (κ1) is 14.1. The molecule has 1 amide bonds. The second-order valence-electron chi connectivity index (χ2n) is 5.31. The summed E-state index contributed by atoms with van der Waals surface area (Å²) in [6, 6.07) is 11.4. The fraction of sp³-hybridized carbons (Fsp3) is 0.562. The molecule has 1 aliphatic heterocycles. The summed E-state index contributed by atoms with van der Waals surface area (Å²) < 4.78 is 0. The summed E-state index contributed by atoms with van der Waals surface area (Å²) in [5.74, 6) is 0.183. The molecule has 0 aromatic heterocycles. The van der Waals surface area contributed by atoms with Gasteiger partial charge in [0.2, 0.25) is 5.91 Å². The molecule has 2 N–H and O–H groups in total. The number of unbranched alkanes of at least 4 members (excludes halogenated alkanes) is 1. The molecular formula is C16H24N2O. The average Bonchev–Trinajstić information content (AvgIpc) is 2.46. The van der Waals surface area contributed by atoms with E-state index in [0.29, 0.717) is 18.5 Å². The van der Waals surface area contributed by atoms with E-state index in [1.165, 1.54) is 18.4 Å². The third-order valence-electron chi connectivity index (χ3n) is 3.75. The van der Waals surface area contributed by atoms with Crippen molar-refractivity contribution >= 4 is 5.91 Å². The van der Waals surface area contributed by atoms with Crippen LogP contribution in [-0.4, -0.2) is 18.5 Å². The van der Waals surface area contributed by atoms with Crippen molar-refractivity contribution in [1.29, 1.82) is 0 Å². The monoisotopic (exact) mass is 260 g/mol. The molecule has 1 fully saturated rings. The summed E-state index contributed by atoms with van der Waals surface area (Å²) in [5, 5.41) is 6.66. The number of nitrogens with one attached hydrogen (secondary N) is 2. The van der Waals surface area contributed by atoms with Gasteiger partial charge in [0.1, 0.15) is 0 Å². The lowest BCUT2D eigenvalue weighted by atomic mass is 9.98. The van der Waals surface area contributed by atoms with E-state index in [0.717, 1.165) is 19.4 Å². The van der Waals surface area contributed by atoms with Gasteiger partial charge in [0.25, 0.3) is 0 Å². The lowest BCUT2D eigenvalue weighted by molar-refractivity contribution is -0.122. The van der Waals surface area contributed by atoms with Gasteiger partial charge in [-0.1, -0.05) is 50.1 Å². The van der Waals surface area contributed by atoms with Crippen molar-refractivity contribution in [3.63, 3.8) is 0 Å². The van der Waals surface area contributed by atoms with Gasteiger partial charge in [-0.15, -0.1) is 0 Å². The van der Waals surface area contributed by atoms with Crippen LogP contribution in [0.5, 0.6) is 0 Å². The molecular weight excluding hydrogens is 236 g/mol. The molecule has 2 atom stereocenters. The molecule has 1 heterocycles. The maximum absolute atomic E-state index is 11.2. The van der Waals surface area contributed by atoms with Gasteiger partial charge >= 0.3 is 0 Å². The number of rotatable bonds is 6. The van der Waals surface area contributed by atoms with E-state index in [4.69, 9.17) is 0 Å². The fourth-order valence-corrected chi connectivity index (χ4v) is 2.60. The Hall–Kier alpha value is -1.35. The van der Waals surface area contributed by atoms with E-state index in [-0.39, 0.29) is 5.91 Å². The zero-order valence-electron chi connectivity index (χ0n) is 11.7. The largest absolute Gasteiger partial charge is 0.355 e. The minimum absolute atomic E-state index is 0.183. The first-order valence-electron chi connectivity index (χ1n) is 7.37. The van der Waals surface area contributed by atoms with E-state index in [9.17, 15) is 4.79 Å². The molecule has 2 unspecified atom stereocenters. The van der Waals surface area contributed by atoms with Gasteiger partial charge < -0.3 is 10.6 Å². The number of hydrogen-bond donors (Lipinski definition) is 2. The molecule has 19 heavy (non-hydrogen) atoms. The lowest BCUT2D eigenvalue weighted by Gasteiger charge is -2.29. The third kappa shape index (κ3) is 4.35. The number of carbonyl (C=O) groups excluding carboxylic acids is 1. The first-order chi connectivity index (χ1) is 9.29. The molecule has 0 spiro atoms. The normalized spacial score (nSPS) is 20.9. The Labute approximate surface area is 115 Å². The van der Waals surface area contributed by atoms with Crippen LogP contribution in [0, 0.1) is 0 Å². The summed E-state index contributed by atoms with van der Waals surface area (Å²) in [4.78, 5) is 11.2. The zero-order valence-corrected chi connectivity index (χ0v) is 11.7. The highest BCUT2D eigenvalue weighted by atomic mass is 16.1. The first-order valence-corrected chi connectivity index (χ1v) is 7.37. The quantitative estimate of drug-likeness (QED) is 0.826. The van der Waals surface area contributed by atoms with Crippen molar-refractivity contribution in [3.8, 4) is 0 Å².